The molecule has 16 heavy (non-hydrogen) atoms. The fraction of sp³-hybridized carbons (Fsp3) is 0.111. The summed E-state index contributed by atoms with van der Waals surface area (Å²) in [6.45, 7) is 1.17. The van der Waals surface area contributed by atoms with E-state index in [0.717, 1.165) is 18.2 Å². The lowest BCUT2D eigenvalue weighted by Crippen LogP contribution is -2.21. The summed E-state index contributed by atoms with van der Waals surface area (Å²) in [4.78, 5) is 32.1. The Morgan fingerprint density at radius 1 is 1.38 bits per heavy atom. The fourth-order valence-electron chi connectivity index (χ4n) is 1.20. The second-order valence-electron chi connectivity index (χ2n) is 2.98. The first-order valence-corrected chi connectivity index (χ1v) is 4.21. The SMILES string of the molecule is CC(=O)c1cc([N+](=O)[O-])ccc1C(=O)NO. The van der Waals surface area contributed by atoms with Crippen LogP contribution in [0.15, 0.2) is 18.2 Å². The van der Waals surface area contributed by atoms with Crippen molar-refractivity contribution in [3.8, 4) is 0 Å². The highest BCUT2D eigenvalue weighted by molar-refractivity contribution is 6.07. The number of amides is 1. The van der Waals surface area contributed by atoms with Crippen LogP contribution in [0.3, 0.4) is 0 Å². The molecule has 0 unspecified atom stereocenters. The Balaban J connectivity index is 3.36. The Morgan fingerprint density at radius 2 is 2.00 bits per heavy atom. The van der Waals surface area contributed by atoms with Crippen LogP contribution in [0.2, 0.25) is 0 Å². The maximum absolute atomic E-state index is 11.2. The number of benzene rings is 1. The van der Waals surface area contributed by atoms with Crippen LogP contribution in [0.5, 0.6) is 0 Å². The lowest BCUT2D eigenvalue weighted by Gasteiger charge is -2.04. The number of Topliss-reactive ketones (excluding diaryl/α,β-unsaturated/α-hetero) is 1. The van der Waals surface area contributed by atoms with E-state index in [4.69, 9.17) is 5.21 Å². The molecule has 7 heteroatoms. The summed E-state index contributed by atoms with van der Waals surface area (Å²) in [5.41, 5.74) is 0.851. The van der Waals surface area contributed by atoms with Crippen molar-refractivity contribution in [3.63, 3.8) is 0 Å². The van der Waals surface area contributed by atoms with Crippen molar-refractivity contribution >= 4 is 17.4 Å². The van der Waals surface area contributed by atoms with E-state index >= 15 is 0 Å². The van der Waals surface area contributed by atoms with Crippen LogP contribution < -0.4 is 5.48 Å². The van der Waals surface area contributed by atoms with Gasteiger partial charge in [0, 0.05) is 17.7 Å². The predicted molar refractivity (Wildman–Crippen MR) is 52.4 cm³/mol. The van der Waals surface area contributed by atoms with Crippen LogP contribution in [-0.4, -0.2) is 21.8 Å². The number of ketones is 1. The third kappa shape index (κ3) is 2.20. The molecule has 1 aromatic carbocycles. The largest absolute Gasteiger partial charge is 0.294 e. The average molecular weight is 224 g/mol. The third-order valence-electron chi connectivity index (χ3n) is 1.94. The molecular weight excluding hydrogens is 216 g/mol. The van der Waals surface area contributed by atoms with Gasteiger partial charge in [0.2, 0.25) is 0 Å². The topological polar surface area (TPSA) is 110 Å². The molecule has 0 aliphatic heterocycles. The van der Waals surface area contributed by atoms with E-state index < -0.39 is 16.6 Å². The summed E-state index contributed by atoms with van der Waals surface area (Å²) in [5.74, 6) is -1.39. The van der Waals surface area contributed by atoms with Gasteiger partial charge in [0.05, 0.1) is 10.5 Å². The monoisotopic (exact) mass is 224 g/mol. The van der Waals surface area contributed by atoms with Gasteiger partial charge in [-0.15, -0.1) is 0 Å². The number of hydroxylamine groups is 1. The Hall–Kier alpha value is -2.28. The van der Waals surface area contributed by atoms with Crippen LogP contribution >= 0.6 is 0 Å². The minimum Gasteiger partial charge on any atom is -0.294 e. The molecule has 0 spiro atoms. The molecular formula is C9H8N2O5. The van der Waals surface area contributed by atoms with Gasteiger partial charge in [0.25, 0.3) is 11.6 Å². The van der Waals surface area contributed by atoms with Crippen molar-refractivity contribution < 1.29 is 19.7 Å². The molecule has 0 radical (unpaired) electrons. The number of non-ortho nitro benzene ring substituents is 1. The zero-order valence-corrected chi connectivity index (χ0v) is 8.26. The Labute approximate surface area is 89.8 Å². The minimum atomic E-state index is -0.889. The maximum atomic E-state index is 11.2. The summed E-state index contributed by atoms with van der Waals surface area (Å²) in [6, 6.07) is 3.18. The number of nitro benzene ring substituents is 1. The molecule has 1 rings (SSSR count). The molecule has 0 saturated heterocycles. The molecule has 1 amide bonds. The van der Waals surface area contributed by atoms with Gasteiger partial charge in [-0.25, -0.2) is 5.48 Å². The first-order chi connectivity index (χ1) is 7.47. The summed E-state index contributed by atoms with van der Waals surface area (Å²) in [5, 5.41) is 18.9. The number of carbonyl (C=O) groups excluding carboxylic acids is 2. The molecule has 0 heterocycles. The van der Waals surface area contributed by atoms with Crippen LogP contribution in [-0.2, 0) is 0 Å². The van der Waals surface area contributed by atoms with Crippen molar-refractivity contribution in [2.45, 2.75) is 6.92 Å². The molecule has 7 nitrogen and oxygen atoms in total. The molecule has 0 fully saturated rings. The molecule has 84 valence electrons. The molecule has 0 saturated carbocycles. The van der Waals surface area contributed by atoms with Gasteiger partial charge in [-0.3, -0.25) is 24.9 Å². The summed E-state index contributed by atoms with van der Waals surface area (Å²) >= 11 is 0. The van der Waals surface area contributed by atoms with Crippen molar-refractivity contribution in [2.75, 3.05) is 0 Å². The molecule has 2 N–H and O–H groups in total. The number of hydrogen-bond acceptors (Lipinski definition) is 5. The Bertz CT molecular complexity index is 469. The van der Waals surface area contributed by atoms with E-state index in [1.165, 1.54) is 12.4 Å². The standard InChI is InChI=1S/C9H8N2O5/c1-5(12)8-4-6(11(15)16)2-3-7(8)9(13)10-14/h2-4,14H,1H3,(H,10,13). The van der Waals surface area contributed by atoms with E-state index in [0.29, 0.717) is 0 Å². The Morgan fingerprint density at radius 3 is 2.44 bits per heavy atom. The molecule has 0 bridgehead atoms. The van der Waals surface area contributed by atoms with Gasteiger partial charge in [0.15, 0.2) is 5.78 Å². The summed E-state index contributed by atoms with van der Waals surface area (Å²) in [7, 11) is 0. The number of nitro groups is 1. The van der Waals surface area contributed by atoms with Crippen LogP contribution in [0.4, 0.5) is 5.69 Å². The van der Waals surface area contributed by atoms with Crippen molar-refractivity contribution in [1.29, 1.82) is 0 Å². The lowest BCUT2D eigenvalue weighted by atomic mass is 10.0. The van der Waals surface area contributed by atoms with Crippen molar-refractivity contribution in [2.24, 2.45) is 0 Å². The van der Waals surface area contributed by atoms with E-state index in [-0.39, 0.29) is 16.8 Å². The Kier molecular flexibility index (Phi) is 3.31. The fourth-order valence-corrected chi connectivity index (χ4v) is 1.20. The minimum absolute atomic E-state index is 0.110. The van der Waals surface area contributed by atoms with Crippen molar-refractivity contribution in [3.05, 3.63) is 39.4 Å². The summed E-state index contributed by atoms with van der Waals surface area (Å²) in [6.07, 6.45) is 0. The molecule has 0 aliphatic carbocycles. The number of rotatable bonds is 3. The summed E-state index contributed by atoms with van der Waals surface area (Å²) < 4.78 is 0. The lowest BCUT2D eigenvalue weighted by molar-refractivity contribution is -0.384. The smallest absolute Gasteiger partial charge is 0.275 e. The number of hydrogen-bond donors (Lipinski definition) is 2. The van der Waals surface area contributed by atoms with Crippen LogP contribution in [0, 0.1) is 10.1 Å². The molecule has 0 aliphatic rings. The predicted octanol–water partition coefficient (Wildman–Crippen LogP) is 0.916. The van der Waals surface area contributed by atoms with Gasteiger partial charge >= 0.3 is 0 Å². The first kappa shape index (κ1) is 11.8. The number of nitrogens with zero attached hydrogens (tertiary/aromatic N) is 1. The van der Waals surface area contributed by atoms with Gasteiger partial charge in [0.1, 0.15) is 0 Å². The van der Waals surface area contributed by atoms with E-state index in [2.05, 4.69) is 0 Å². The van der Waals surface area contributed by atoms with Crippen molar-refractivity contribution in [1.82, 2.24) is 5.48 Å². The number of carbonyl (C=O) groups is 2. The van der Waals surface area contributed by atoms with E-state index in [1.807, 2.05) is 0 Å². The van der Waals surface area contributed by atoms with Gasteiger partial charge in [-0.1, -0.05) is 0 Å². The highest BCUT2D eigenvalue weighted by Crippen LogP contribution is 2.18. The van der Waals surface area contributed by atoms with Gasteiger partial charge in [-0.2, -0.15) is 0 Å². The quantitative estimate of drug-likeness (QED) is 0.343. The highest BCUT2D eigenvalue weighted by Gasteiger charge is 2.18. The third-order valence-corrected chi connectivity index (χ3v) is 1.94. The van der Waals surface area contributed by atoms with Gasteiger partial charge < -0.3 is 0 Å². The number of nitrogens with one attached hydrogen (secondary N) is 1. The zero-order chi connectivity index (χ0) is 12.3. The average Bonchev–Trinajstić information content (AvgIpc) is 2.26. The second kappa shape index (κ2) is 4.49. The van der Waals surface area contributed by atoms with E-state index in [9.17, 15) is 19.7 Å². The maximum Gasteiger partial charge on any atom is 0.275 e. The van der Waals surface area contributed by atoms with Crippen LogP contribution in [0.25, 0.3) is 0 Å². The second-order valence-corrected chi connectivity index (χ2v) is 2.98. The molecule has 1 aromatic rings. The van der Waals surface area contributed by atoms with E-state index in [1.54, 1.807) is 0 Å². The normalized spacial score (nSPS) is 9.62. The molecule has 0 atom stereocenters. The van der Waals surface area contributed by atoms with Gasteiger partial charge in [-0.05, 0) is 13.0 Å². The first-order valence-electron chi connectivity index (χ1n) is 4.21. The highest BCUT2D eigenvalue weighted by atomic mass is 16.6. The molecule has 0 aromatic heterocycles. The van der Waals surface area contributed by atoms with Crippen LogP contribution in [0.1, 0.15) is 27.6 Å². The zero-order valence-electron chi connectivity index (χ0n) is 8.26.